The van der Waals surface area contributed by atoms with Crippen LogP contribution in [0.5, 0.6) is 5.88 Å². The monoisotopic (exact) mass is 381 g/mol. The molecule has 1 aliphatic rings. The fourth-order valence-corrected chi connectivity index (χ4v) is 3.63. The van der Waals surface area contributed by atoms with Crippen LogP contribution in [0, 0.1) is 11.3 Å². The molecule has 2 N–H and O–H groups in total. The Hall–Kier alpha value is -3.18. The van der Waals surface area contributed by atoms with Crippen molar-refractivity contribution in [2.75, 3.05) is 18.9 Å². The van der Waals surface area contributed by atoms with Crippen LogP contribution in [-0.2, 0) is 16.9 Å². The number of alkyl halides is 1. The average Bonchev–Trinajstić information content (AvgIpc) is 3.07. The van der Waals surface area contributed by atoms with Gasteiger partial charge in [0.15, 0.2) is 5.82 Å². The smallest absolute Gasteiger partial charge is 0.227 e. The molecule has 0 radical (unpaired) electrons. The van der Waals surface area contributed by atoms with E-state index in [0.29, 0.717) is 36.4 Å². The van der Waals surface area contributed by atoms with Crippen molar-refractivity contribution in [3.63, 3.8) is 0 Å². The lowest BCUT2D eigenvalue weighted by Crippen LogP contribution is -2.49. The maximum atomic E-state index is 15.0. The topological polar surface area (TPSA) is 99.0 Å². The summed E-state index contributed by atoms with van der Waals surface area (Å²) in [4.78, 5) is 4.29. The number of fused-ring (bicyclic) bond motifs is 1. The summed E-state index contributed by atoms with van der Waals surface area (Å²) in [7, 11) is 0. The second-order valence-electron chi connectivity index (χ2n) is 6.81. The zero-order chi connectivity index (χ0) is 19.6. The highest BCUT2D eigenvalue weighted by Gasteiger charge is 2.46. The molecule has 1 aromatic carbocycles. The van der Waals surface area contributed by atoms with E-state index < -0.39 is 11.7 Å². The van der Waals surface area contributed by atoms with E-state index in [1.54, 1.807) is 12.3 Å². The lowest BCUT2D eigenvalue weighted by atomic mass is 9.85. The van der Waals surface area contributed by atoms with Gasteiger partial charge in [-0.1, -0.05) is 30.3 Å². The van der Waals surface area contributed by atoms with E-state index >= 15 is 0 Å². The zero-order valence-corrected chi connectivity index (χ0v) is 15.2. The van der Waals surface area contributed by atoms with Gasteiger partial charge in [-0.15, -0.1) is 0 Å². The third-order valence-corrected chi connectivity index (χ3v) is 5.14. The zero-order valence-electron chi connectivity index (χ0n) is 15.2. The molecule has 2 aromatic heterocycles. The minimum atomic E-state index is -1.37. The van der Waals surface area contributed by atoms with E-state index in [1.807, 2.05) is 30.3 Å². The van der Waals surface area contributed by atoms with Gasteiger partial charge in [0.2, 0.25) is 5.88 Å². The van der Waals surface area contributed by atoms with E-state index in [9.17, 15) is 9.65 Å². The fourth-order valence-electron chi connectivity index (χ4n) is 3.63. The van der Waals surface area contributed by atoms with Crippen molar-refractivity contribution in [2.24, 2.45) is 0 Å². The molecule has 2 atom stereocenters. The molecule has 1 aliphatic heterocycles. The Morgan fingerprint density at radius 2 is 2.18 bits per heavy atom. The minimum Gasteiger partial charge on any atom is -0.472 e. The van der Waals surface area contributed by atoms with Crippen molar-refractivity contribution < 1.29 is 13.9 Å². The van der Waals surface area contributed by atoms with E-state index in [2.05, 4.69) is 16.2 Å². The fraction of sp³-hybridized carbons (Fsp3) is 0.350. The molecule has 0 saturated carbocycles. The van der Waals surface area contributed by atoms with Crippen LogP contribution in [-0.4, -0.2) is 34.1 Å². The van der Waals surface area contributed by atoms with Gasteiger partial charge in [0.1, 0.15) is 23.7 Å². The number of nitrogen functional groups attached to an aromatic ring is 1. The molecule has 8 heteroatoms. The van der Waals surface area contributed by atoms with E-state index in [0.717, 1.165) is 5.56 Å². The Balaban J connectivity index is 1.76. The highest BCUT2D eigenvalue weighted by molar-refractivity contribution is 5.93. The minimum absolute atomic E-state index is 0.0315. The first kappa shape index (κ1) is 18.2. The number of nitrogens with two attached hydrogens (primary N) is 1. The molecule has 0 bridgehead atoms. The van der Waals surface area contributed by atoms with Crippen molar-refractivity contribution in [1.82, 2.24) is 14.8 Å². The largest absolute Gasteiger partial charge is 0.472 e. The summed E-state index contributed by atoms with van der Waals surface area (Å²) in [5, 5.41) is 14.3. The molecule has 3 aromatic rings. The number of aromatic nitrogens is 3. The first-order valence-corrected chi connectivity index (χ1v) is 9.05. The van der Waals surface area contributed by atoms with E-state index in [1.165, 1.54) is 4.68 Å². The SMILES string of the molecule is N#CC[C@@]1(n2nc(N)c3c(OCc4ccccc4)nccc32)CCOC[C@@H]1F. The number of hydrogen-bond donors (Lipinski definition) is 1. The number of benzene rings is 1. The molecular formula is C20H20FN5O2. The lowest BCUT2D eigenvalue weighted by Gasteiger charge is -2.38. The number of hydrogen-bond acceptors (Lipinski definition) is 6. The van der Waals surface area contributed by atoms with Gasteiger partial charge in [-0.05, 0) is 18.1 Å². The third-order valence-electron chi connectivity index (χ3n) is 5.14. The maximum absolute atomic E-state index is 15.0. The Labute approximate surface area is 161 Å². The highest BCUT2D eigenvalue weighted by Crippen LogP contribution is 2.40. The van der Waals surface area contributed by atoms with Gasteiger partial charge >= 0.3 is 0 Å². The van der Waals surface area contributed by atoms with Crippen LogP contribution < -0.4 is 10.5 Å². The summed E-state index contributed by atoms with van der Waals surface area (Å²) in [5.41, 5.74) is 6.62. The van der Waals surface area contributed by atoms with Gasteiger partial charge in [-0.2, -0.15) is 10.4 Å². The summed E-state index contributed by atoms with van der Waals surface area (Å²) in [6.45, 7) is 0.595. The summed E-state index contributed by atoms with van der Waals surface area (Å²) >= 11 is 0. The maximum Gasteiger partial charge on any atom is 0.227 e. The van der Waals surface area contributed by atoms with Crippen molar-refractivity contribution >= 4 is 16.7 Å². The Morgan fingerprint density at radius 1 is 1.36 bits per heavy atom. The Morgan fingerprint density at radius 3 is 2.93 bits per heavy atom. The van der Waals surface area contributed by atoms with E-state index in [4.69, 9.17) is 15.2 Å². The van der Waals surface area contributed by atoms with Gasteiger partial charge in [-0.25, -0.2) is 9.37 Å². The van der Waals surface area contributed by atoms with Gasteiger partial charge in [0, 0.05) is 12.8 Å². The van der Waals surface area contributed by atoms with Gasteiger partial charge in [0.25, 0.3) is 0 Å². The second kappa shape index (κ2) is 7.44. The average molecular weight is 381 g/mol. The molecule has 4 rings (SSSR count). The lowest BCUT2D eigenvalue weighted by molar-refractivity contribution is -0.0511. The molecule has 0 unspecified atom stereocenters. The summed E-state index contributed by atoms with van der Waals surface area (Å²) < 4.78 is 27.6. The molecule has 1 saturated heterocycles. The molecule has 0 spiro atoms. The first-order valence-electron chi connectivity index (χ1n) is 9.05. The number of nitriles is 1. The standard InChI is InChI=1S/C20H20FN5O2/c21-16-13-27-11-8-20(16,7-9-22)26-15-6-10-24-19(17(15)18(23)25-26)28-12-14-4-2-1-3-5-14/h1-6,10,16H,7-8,11-13H2,(H2,23,25)/t16-,20+/m0/s1. The first-order chi connectivity index (χ1) is 13.7. The summed E-state index contributed by atoms with van der Waals surface area (Å²) in [6, 6.07) is 13.5. The van der Waals surface area contributed by atoms with Crippen LogP contribution in [0.15, 0.2) is 42.6 Å². The quantitative estimate of drug-likeness (QED) is 0.729. The molecule has 3 heterocycles. The second-order valence-corrected chi connectivity index (χ2v) is 6.81. The molecule has 7 nitrogen and oxygen atoms in total. The highest BCUT2D eigenvalue weighted by atomic mass is 19.1. The molecule has 28 heavy (non-hydrogen) atoms. The van der Waals surface area contributed by atoms with Crippen molar-refractivity contribution in [3.8, 4) is 11.9 Å². The van der Waals surface area contributed by atoms with Crippen LogP contribution in [0.2, 0.25) is 0 Å². The van der Waals surface area contributed by atoms with Crippen LogP contribution in [0.4, 0.5) is 10.2 Å². The number of anilines is 1. The van der Waals surface area contributed by atoms with Gasteiger partial charge < -0.3 is 15.2 Å². The Kier molecular flexibility index (Phi) is 4.84. The van der Waals surface area contributed by atoms with Crippen molar-refractivity contribution in [2.45, 2.75) is 31.2 Å². The Bertz CT molecular complexity index is 1020. The van der Waals surface area contributed by atoms with Crippen molar-refractivity contribution in [1.29, 1.82) is 5.26 Å². The predicted molar refractivity (Wildman–Crippen MR) is 101 cm³/mol. The van der Waals surface area contributed by atoms with Crippen LogP contribution >= 0.6 is 0 Å². The molecule has 0 aliphatic carbocycles. The van der Waals surface area contributed by atoms with E-state index in [-0.39, 0.29) is 18.8 Å². The van der Waals surface area contributed by atoms with Crippen molar-refractivity contribution in [3.05, 3.63) is 48.2 Å². The normalized spacial score (nSPS) is 22.1. The molecular weight excluding hydrogens is 361 g/mol. The number of ether oxygens (including phenoxy) is 2. The summed E-state index contributed by atoms with van der Waals surface area (Å²) in [6.07, 6.45) is 0.509. The van der Waals surface area contributed by atoms with Crippen LogP contribution in [0.3, 0.4) is 0 Å². The predicted octanol–water partition coefficient (Wildman–Crippen LogP) is 2.96. The van der Waals surface area contributed by atoms with Gasteiger partial charge in [0.05, 0.1) is 24.6 Å². The number of pyridine rings is 1. The number of rotatable bonds is 5. The molecule has 144 valence electrons. The van der Waals surface area contributed by atoms with Crippen LogP contribution in [0.25, 0.3) is 10.9 Å². The molecule has 1 fully saturated rings. The van der Waals surface area contributed by atoms with Crippen LogP contribution in [0.1, 0.15) is 18.4 Å². The number of nitrogens with zero attached hydrogens (tertiary/aromatic N) is 4. The molecule has 0 amide bonds. The third kappa shape index (κ3) is 3.04. The summed E-state index contributed by atoms with van der Waals surface area (Å²) in [5.74, 6) is 0.529. The number of halogens is 1. The van der Waals surface area contributed by atoms with Gasteiger partial charge in [-0.3, -0.25) is 4.68 Å².